The molecule has 0 saturated carbocycles. The molecule has 0 radical (unpaired) electrons. The Hall–Kier alpha value is -2.52. The van der Waals surface area contributed by atoms with Crippen molar-refractivity contribution >= 4 is 47.0 Å². The summed E-state index contributed by atoms with van der Waals surface area (Å²) in [4.78, 5) is 39.9. The summed E-state index contributed by atoms with van der Waals surface area (Å²) in [6, 6.07) is 10.2. The normalized spacial score (nSPS) is 10.2. The highest BCUT2D eigenvalue weighted by molar-refractivity contribution is 8.00. The molecule has 1 heterocycles. The predicted molar refractivity (Wildman–Crippen MR) is 101 cm³/mol. The molecule has 0 fully saturated rings. The Morgan fingerprint density at radius 2 is 1.96 bits per heavy atom. The number of esters is 1. The fraction of sp³-hybridized carbons (Fsp3) is 0.176. The molecule has 7 nitrogen and oxygen atoms in total. The molecular weight excluding hydrogens is 374 g/mol. The zero-order valence-corrected chi connectivity index (χ0v) is 15.6. The lowest BCUT2D eigenvalue weighted by Gasteiger charge is -2.11. The first-order chi connectivity index (χ1) is 12.5. The Morgan fingerprint density at radius 3 is 2.69 bits per heavy atom. The van der Waals surface area contributed by atoms with Crippen LogP contribution in [-0.2, 0) is 14.3 Å². The van der Waals surface area contributed by atoms with Crippen molar-refractivity contribution < 1.29 is 19.1 Å². The van der Waals surface area contributed by atoms with Gasteiger partial charge in [0.1, 0.15) is 5.03 Å². The molecule has 3 N–H and O–H groups in total. The van der Waals surface area contributed by atoms with Gasteiger partial charge in [0.2, 0.25) is 5.91 Å². The SMILES string of the molecule is CSc1ncccc1C(=O)OCC(=O)Nc1ccccc1SCC(N)=O. The summed E-state index contributed by atoms with van der Waals surface area (Å²) >= 11 is 2.53. The smallest absolute Gasteiger partial charge is 0.341 e. The average molecular weight is 391 g/mol. The van der Waals surface area contributed by atoms with Gasteiger partial charge < -0.3 is 15.8 Å². The van der Waals surface area contributed by atoms with Crippen LogP contribution in [0.2, 0.25) is 0 Å². The Bertz CT molecular complexity index is 814. The lowest BCUT2D eigenvalue weighted by molar-refractivity contribution is -0.119. The topological polar surface area (TPSA) is 111 Å². The number of hydrogen-bond acceptors (Lipinski definition) is 7. The summed E-state index contributed by atoms with van der Waals surface area (Å²) in [6.45, 7) is -0.434. The first kappa shape index (κ1) is 19.8. The Labute approximate surface area is 159 Å². The van der Waals surface area contributed by atoms with E-state index in [4.69, 9.17) is 10.5 Å². The van der Waals surface area contributed by atoms with Crippen LogP contribution < -0.4 is 11.1 Å². The molecule has 0 aliphatic heterocycles. The summed E-state index contributed by atoms with van der Waals surface area (Å²) in [7, 11) is 0. The van der Waals surface area contributed by atoms with Crippen LogP contribution in [0.5, 0.6) is 0 Å². The zero-order valence-electron chi connectivity index (χ0n) is 13.9. The number of primary amides is 1. The number of amides is 2. The van der Waals surface area contributed by atoms with Gasteiger partial charge in [-0.3, -0.25) is 9.59 Å². The van der Waals surface area contributed by atoms with Crippen molar-refractivity contribution in [1.82, 2.24) is 4.98 Å². The fourth-order valence-corrected chi connectivity index (χ4v) is 3.23. The van der Waals surface area contributed by atoms with Crippen molar-refractivity contribution in [2.45, 2.75) is 9.92 Å². The number of nitrogens with two attached hydrogens (primary N) is 1. The number of anilines is 1. The molecule has 2 amide bonds. The van der Waals surface area contributed by atoms with Crippen LogP contribution in [0.1, 0.15) is 10.4 Å². The molecule has 0 aliphatic rings. The van der Waals surface area contributed by atoms with E-state index in [0.717, 1.165) is 0 Å². The zero-order chi connectivity index (χ0) is 18.9. The second-order valence-corrected chi connectivity index (χ2v) is 6.75. The number of nitrogens with zero attached hydrogens (tertiary/aromatic N) is 1. The van der Waals surface area contributed by atoms with Gasteiger partial charge in [-0.25, -0.2) is 9.78 Å². The van der Waals surface area contributed by atoms with Gasteiger partial charge in [0.05, 0.1) is 17.0 Å². The van der Waals surface area contributed by atoms with E-state index in [1.165, 1.54) is 23.5 Å². The molecule has 9 heteroatoms. The van der Waals surface area contributed by atoms with Crippen molar-refractivity contribution in [3.63, 3.8) is 0 Å². The Morgan fingerprint density at radius 1 is 1.19 bits per heavy atom. The summed E-state index contributed by atoms with van der Waals surface area (Å²) < 4.78 is 5.06. The third-order valence-electron chi connectivity index (χ3n) is 3.05. The molecular formula is C17H17N3O4S2. The number of ether oxygens (including phenoxy) is 1. The van der Waals surface area contributed by atoms with Gasteiger partial charge in [-0.1, -0.05) is 12.1 Å². The lowest BCUT2D eigenvalue weighted by Crippen LogP contribution is -2.21. The van der Waals surface area contributed by atoms with Crippen LogP contribution in [0.15, 0.2) is 52.5 Å². The van der Waals surface area contributed by atoms with Crippen LogP contribution in [0.3, 0.4) is 0 Å². The van der Waals surface area contributed by atoms with Crippen molar-refractivity contribution in [1.29, 1.82) is 0 Å². The quantitative estimate of drug-likeness (QED) is 0.524. The molecule has 1 aromatic heterocycles. The van der Waals surface area contributed by atoms with Crippen LogP contribution in [0, 0.1) is 0 Å². The highest BCUT2D eigenvalue weighted by Gasteiger charge is 2.15. The summed E-state index contributed by atoms with van der Waals surface area (Å²) in [5.74, 6) is -1.46. The molecule has 136 valence electrons. The minimum atomic E-state index is -0.617. The molecule has 0 unspecified atom stereocenters. The number of carbonyl (C=O) groups is 3. The molecule has 1 aromatic carbocycles. The largest absolute Gasteiger partial charge is 0.452 e. The van der Waals surface area contributed by atoms with Gasteiger partial charge in [-0.05, 0) is 30.5 Å². The van der Waals surface area contributed by atoms with Gasteiger partial charge in [0, 0.05) is 11.1 Å². The van der Waals surface area contributed by atoms with Crippen LogP contribution in [-0.4, -0.2) is 41.4 Å². The van der Waals surface area contributed by atoms with E-state index in [2.05, 4.69) is 10.3 Å². The number of rotatable bonds is 8. The molecule has 26 heavy (non-hydrogen) atoms. The minimum Gasteiger partial charge on any atom is -0.452 e. The van der Waals surface area contributed by atoms with E-state index in [1.54, 1.807) is 48.9 Å². The number of thioether (sulfide) groups is 2. The molecule has 0 bridgehead atoms. The van der Waals surface area contributed by atoms with E-state index in [9.17, 15) is 14.4 Å². The van der Waals surface area contributed by atoms with Crippen molar-refractivity contribution in [2.24, 2.45) is 5.73 Å². The van der Waals surface area contributed by atoms with E-state index >= 15 is 0 Å². The third-order valence-corrected chi connectivity index (χ3v) is 4.86. The second kappa shape index (κ2) is 9.83. The standard InChI is InChI=1S/C17H17N3O4S2/c1-25-16-11(5-4-8-19-16)17(23)24-9-15(22)20-12-6-2-3-7-13(12)26-10-14(18)21/h2-8H,9-10H2,1H3,(H2,18,21)(H,20,22). The number of aromatic nitrogens is 1. The van der Waals surface area contributed by atoms with E-state index < -0.39 is 24.4 Å². The van der Waals surface area contributed by atoms with E-state index in [0.29, 0.717) is 21.2 Å². The van der Waals surface area contributed by atoms with Crippen LogP contribution in [0.25, 0.3) is 0 Å². The molecule has 0 spiro atoms. The molecule has 0 aliphatic carbocycles. The van der Waals surface area contributed by atoms with Crippen molar-refractivity contribution in [2.75, 3.05) is 23.9 Å². The van der Waals surface area contributed by atoms with Crippen LogP contribution in [0.4, 0.5) is 5.69 Å². The number of para-hydroxylation sites is 1. The van der Waals surface area contributed by atoms with Gasteiger partial charge in [-0.2, -0.15) is 0 Å². The Kier molecular flexibility index (Phi) is 7.49. The average Bonchev–Trinajstić information content (AvgIpc) is 2.65. The predicted octanol–water partition coefficient (Wildman–Crippen LogP) is 2.18. The number of pyridine rings is 1. The van der Waals surface area contributed by atoms with E-state index in [-0.39, 0.29) is 5.75 Å². The summed E-state index contributed by atoms with van der Waals surface area (Å²) in [5.41, 5.74) is 5.97. The van der Waals surface area contributed by atoms with Crippen molar-refractivity contribution in [3.05, 3.63) is 48.2 Å². The highest BCUT2D eigenvalue weighted by atomic mass is 32.2. The molecule has 2 rings (SSSR count). The number of hydrogen-bond donors (Lipinski definition) is 2. The van der Waals surface area contributed by atoms with Gasteiger partial charge in [-0.15, -0.1) is 23.5 Å². The highest BCUT2D eigenvalue weighted by Crippen LogP contribution is 2.26. The van der Waals surface area contributed by atoms with Gasteiger partial charge in [0.25, 0.3) is 5.91 Å². The minimum absolute atomic E-state index is 0.0976. The Balaban J connectivity index is 1.95. The molecule has 0 saturated heterocycles. The monoisotopic (exact) mass is 391 g/mol. The molecule has 2 aromatic rings. The van der Waals surface area contributed by atoms with Gasteiger partial charge in [0.15, 0.2) is 6.61 Å². The third kappa shape index (κ3) is 5.78. The van der Waals surface area contributed by atoms with E-state index in [1.807, 2.05) is 0 Å². The lowest BCUT2D eigenvalue weighted by atomic mass is 10.3. The maximum Gasteiger partial charge on any atom is 0.341 e. The van der Waals surface area contributed by atoms with Crippen LogP contribution >= 0.6 is 23.5 Å². The number of carbonyl (C=O) groups excluding carboxylic acids is 3. The maximum absolute atomic E-state index is 12.1. The summed E-state index contributed by atoms with van der Waals surface area (Å²) in [5, 5.41) is 3.19. The maximum atomic E-state index is 12.1. The second-order valence-electron chi connectivity index (χ2n) is 4.94. The first-order valence-corrected chi connectivity index (χ1v) is 9.68. The number of nitrogens with one attached hydrogen (secondary N) is 1. The van der Waals surface area contributed by atoms with Crippen molar-refractivity contribution in [3.8, 4) is 0 Å². The fourth-order valence-electron chi connectivity index (χ4n) is 1.95. The number of benzene rings is 1. The summed E-state index contributed by atoms with van der Waals surface area (Å²) in [6.07, 6.45) is 3.38. The molecule has 0 atom stereocenters. The first-order valence-electron chi connectivity index (χ1n) is 7.47. The van der Waals surface area contributed by atoms with Gasteiger partial charge >= 0.3 is 5.97 Å².